The second-order valence-corrected chi connectivity index (χ2v) is 4.56. The summed E-state index contributed by atoms with van der Waals surface area (Å²) in [5.74, 6) is -1.11. The van der Waals surface area contributed by atoms with E-state index in [1.165, 1.54) is 0 Å². The Kier molecular flexibility index (Phi) is 3.34. The minimum Gasteiger partial charge on any atom is -0.369 e. The van der Waals surface area contributed by atoms with E-state index in [9.17, 15) is 13.6 Å². The summed E-state index contributed by atoms with van der Waals surface area (Å²) < 4.78 is 26.5. The highest BCUT2D eigenvalue weighted by molar-refractivity contribution is 6.00. The quantitative estimate of drug-likeness (QED) is 0.586. The summed E-state index contributed by atoms with van der Waals surface area (Å²) in [5.41, 5.74) is 7.03. The first-order valence-corrected chi connectivity index (χ1v) is 6.29. The highest BCUT2D eigenvalue weighted by Gasteiger charge is 2.09. The van der Waals surface area contributed by atoms with Crippen LogP contribution in [0.1, 0.15) is 0 Å². The van der Waals surface area contributed by atoms with Crippen molar-refractivity contribution in [2.24, 2.45) is 0 Å². The molecular weight excluding hydrogens is 292 g/mol. The number of carbonyl (C=O) groups excluding carboxylic acids is 1. The molecule has 0 aliphatic heterocycles. The first-order chi connectivity index (χ1) is 10.5. The predicted molar refractivity (Wildman–Crippen MR) is 79.5 cm³/mol. The SMILES string of the molecule is Nc1nc2ccc(NC(=O)Nc3cc(F)ccc3F)cc2[nH]1. The Labute approximate surface area is 123 Å². The molecule has 3 rings (SSSR count). The van der Waals surface area contributed by atoms with Crippen molar-refractivity contribution in [3.8, 4) is 0 Å². The molecule has 22 heavy (non-hydrogen) atoms. The van der Waals surface area contributed by atoms with Gasteiger partial charge in [-0.3, -0.25) is 0 Å². The van der Waals surface area contributed by atoms with E-state index in [0.717, 1.165) is 18.2 Å². The Morgan fingerprint density at radius 1 is 1.14 bits per heavy atom. The van der Waals surface area contributed by atoms with Gasteiger partial charge in [0.05, 0.1) is 16.7 Å². The number of halogens is 2. The molecule has 1 aromatic heterocycles. The number of hydrogen-bond acceptors (Lipinski definition) is 3. The lowest BCUT2D eigenvalue weighted by Crippen LogP contribution is -2.20. The van der Waals surface area contributed by atoms with Crippen molar-refractivity contribution in [2.75, 3.05) is 16.4 Å². The molecule has 3 aromatic rings. The molecule has 6 nitrogen and oxygen atoms in total. The number of nitrogens with zero attached hydrogens (tertiary/aromatic N) is 1. The molecule has 0 radical (unpaired) electrons. The Morgan fingerprint density at radius 2 is 1.95 bits per heavy atom. The van der Waals surface area contributed by atoms with Crippen LogP contribution in [0, 0.1) is 11.6 Å². The number of benzene rings is 2. The van der Waals surface area contributed by atoms with Gasteiger partial charge in [0.15, 0.2) is 5.95 Å². The van der Waals surface area contributed by atoms with Gasteiger partial charge in [0.1, 0.15) is 11.6 Å². The number of fused-ring (bicyclic) bond motifs is 1. The van der Waals surface area contributed by atoms with Crippen LogP contribution in [-0.2, 0) is 0 Å². The molecule has 0 saturated carbocycles. The number of nitrogens with two attached hydrogens (primary N) is 1. The van der Waals surface area contributed by atoms with Crippen molar-refractivity contribution >= 4 is 34.4 Å². The van der Waals surface area contributed by atoms with E-state index >= 15 is 0 Å². The van der Waals surface area contributed by atoms with Crippen molar-refractivity contribution in [3.05, 3.63) is 48.0 Å². The van der Waals surface area contributed by atoms with Crippen molar-refractivity contribution < 1.29 is 13.6 Å². The Hall–Kier alpha value is -3.16. The van der Waals surface area contributed by atoms with Gasteiger partial charge < -0.3 is 21.4 Å². The topological polar surface area (TPSA) is 95.8 Å². The molecule has 0 unspecified atom stereocenters. The van der Waals surface area contributed by atoms with Crippen LogP contribution in [-0.4, -0.2) is 16.0 Å². The highest BCUT2D eigenvalue weighted by atomic mass is 19.1. The lowest BCUT2D eigenvalue weighted by Gasteiger charge is -2.08. The number of urea groups is 1. The van der Waals surface area contributed by atoms with Crippen LogP contribution < -0.4 is 16.4 Å². The summed E-state index contributed by atoms with van der Waals surface area (Å²) in [6, 6.07) is 7.01. The predicted octanol–water partition coefficient (Wildman–Crippen LogP) is 3.07. The van der Waals surface area contributed by atoms with E-state index in [2.05, 4.69) is 20.6 Å². The molecule has 0 fully saturated rings. The molecule has 8 heteroatoms. The molecule has 2 aromatic carbocycles. The van der Waals surface area contributed by atoms with Gasteiger partial charge in [0, 0.05) is 11.8 Å². The largest absolute Gasteiger partial charge is 0.369 e. The van der Waals surface area contributed by atoms with Crippen LogP contribution in [0.15, 0.2) is 36.4 Å². The summed E-state index contributed by atoms with van der Waals surface area (Å²) in [5, 5.41) is 4.75. The minimum atomic E-state index is -0.728. The zero-order valence-electron chi connectivity index (χ0n) is 11.2. The Bertz CT molecular complexity index is 862. The van der Waals surface area contributed by atoms with Crippen molar-refractivity contribution in [3.63, 3.8) is 0 Å². The summed E-state index contributed by atoms with van der Waals surface area (Å²) in [4.78, 5) is 18.7. The maximum absolute atomic E-state index is 13.4. The summed E-state index contributed by atoms with van der Waals surface area (Å²) in [7, 11) is 0. The summed E-state index contributed by atoms with van der Waals surface area (Å²) in [6.07, 6.45) is 0. The number of carbonyl (C=O) groups is 1. The highest BCUT2D eigenvalue weighted by Crippen LogP contribution is 2.19. The van der Waals surface area contributed by atoms with Gasteiger partial charge in [-0.1, -0.05) is 0 Å². The average molecular weight is 303 g/mol. The fraction of sp³-hybridized carbons (Fsp3) is 0. The fourth-order valence-corrected chi connectivity index (χ4v) is 1.99. The third kappa shape index (κ3) is 2.80. The van der Waals surface area contributed by atoms with Crippen LogP contribution in [0.4, 0.5) is 30.9 Å². The van der Waals surface area contributed by atoms with E-state index in [1.807, 2.05) is 0 Å². The normalized spacial score (nSPS) is 10.6. The number of aromatic nitrogens is 2. The zero-order valence-corrected chi connectivity index (χ0v) is 11.2. The first-order valence-electron chi connectivity index (χ1n) is 6.29. The van der Waals surface area contributed by atoms with Crippen molar-refractivity contribution in [1.29, 1.82) is 0 Å². The number of nitrogen functional groups attached to an aromatic ring is 1. The molecule has 5 N–H and O–H groups in total. The van der Waals surface area contributed by atoms with E-state index in [0.29, 0.717) is 16.7 Å². The molecule has 2 amide bonds. The third-order valence-corrected chi connectivity index (χ3v) is 2.93. The first kappa shape index (κ1) is 13.8. The monoisotopic (exact) mass is 303 g/mol. The summed E-state index contributed by atoms with van der Waals surface area (Å²) >= 11 is 0. The van der Waals surface area contributed by atoms with E-state index in [-0.39, 0.29) is 11.6 Å². The molecule has 112 valence electrons. The van der Waals surface area contributed by atoms with Crippen LogP contribution in [0.3, 0.4) is 0 Å². The number of imidazole rings is 1. The maximum atomic E-state index is 13.4. The number of anilines is 3. The smallest absolute Gasteiger partial charge is 0.323 e. The van der Waals surface area contributed by atoms with Gasteiger partial charge >= 0.3 is 6.03 Å². The van der Waals surface area contributed by atoms with Gasteiger partial charge in [-0.25, -0.2) is 18.6 Å². The number of hydrogen-bond donors (Lipinski definition) is 4. The zero-order chi connectivity index (χ0) is 15.7. The molecule has 0 saturated heterocycles. The second kappa shape index (κ2) is 5.32. The maximum Gasteiger partial charge on any atom is 0.323 e. The molecule has 0 aliphatic carbocycles. The van der Waals surface area contributed by atoms with Gasteiger partial charge in [-0.2, -0.15) is 0 Å². The third-order valence-electron chi connectivity index (χ3n) is 2.93. The van der Waals surface area contributed by atoms with E-state index in [4.69, 9.17) is 5.73 Å². The van der Waals surface area contributed by atoms with Gasteiger partial charge in [0.2, 0.25) is 0 Å². The standard InChI is InChI=1S/C14H11F2N5O/c15-7-1-3-9(16)11(5-7)21-14(22)18-8-2-4-10-12(6-8)20-13(17)19-10/h1-6H,(H3,17,19,20)(H2,18,21,22). The van der Waals surface area contributed by atoms with Crippen molar-refractivity contribution in [2.45, 2.75) is 0 Å². The Morgan fingerprint density at radius 3 is 2.77 bits per heavy atom. The second-order valence-electron chi connectivity index (χ2n) is 4.56. The van der Waals surface area contributed by atoms with Gasteiger partial charge in [0.25, 0.3) is 0 Å². The molecule has 0 spiro atoms. The number of nitrogens with one attached hydrogen (secondary N) is 3. The van der Waals surface area contributed by atoms with Gasteiger partial charge in [-0.15, -0.1) is 0 Å². The number of H-pyrrole nitrogens is 1. The lowest BCUT2D eigenvalue weighted by atomic mass is 10.3. The van der Waals surface area contributed by atoms with Crippen LogP contribution >= 0.6 is 0 Å². The van der Waals surface area contributed by atoms with Crippen LogP contribution in [0.2, 0.25) is 0 Å². The van der Waals surface area contributed by atoms with Crippen LogP contribution in [0.25, 0.3) is 11.0 Å². The number of amides is 2. The molecule has 0 bridgehead atoms. The summed E-state index contributed by atoms with van der Waals surface area (Å²) in [6.45, 7) is 0. The van der Waals surface area contributed by atoms with Crippen molar-refractivity contribution in [1.82, 2.24) is 9.97 Å². The minimum absolute atomic E-state index is 0.246. The lowest BCUT2D eigenvalue weighted by molar-refractivity contribution is 0.262. The molecular formula is C14H11F2N5O. The van der Waals surface area contributed by atoms with E-state index < -0.39 is 17.7 Å². The molecule has 1 heterocycles. The fourth-order valence-electron chi connectivity index (χ4n) is 1.99. The number of aromatic amines is 1. The molecule has 0 atom stereocenters. The van der Waals surface area contributed by atoms with Gasteiger partial charge in [-0.05, 0) is 30.3 Å². The Balaban J connectivity index is 1.76. The van der Waals surface area contributed by atoms with E-state index in [1.54, 1.807) is 18.2 Å². The molecule has 0 aliphatic rings. The van der Waals surface area contributed by atoms with Crippen LogP contribution in [0.5, 0.6) is 0 Å². The average Bonchev–Trinajstić information content (AvgIpc) is 2.82. The number of rotatable bonds is 2.